The summed E-state index contributed by atoms with van der Waals surface area (Å²) in [6.45, 7) is 6.89. The van der Waals surface area contributed by atoms with E-state index in [-0.39, 0.29) is 11.9 Å². The molecule has 1 saturated carbocycles. The molecule has 1 saturated heterocycles. The van der Waals surface area contributed by atoms with Crippen LogP contribution in [0, 0.1) is 0 Å². The Balaban J connectivity index is 1.33. The summed E-state index contributed by atoms with van der Waals surface area (Å²) in [5.41, 5.74) is 10.7. The van der Waals surface area contributed by atoms with Crippen LogP contribution in [0.5, 0.6) is 0 Å². The molecule has 2 aliphatic rings. The lowest BCUT2D eigenvalue weighted by molar-refractivity contribution is 0.102. The number of nitrogens with zero attached hydrogens (tertiary/aromatic N) is 7. The van der Waals surface area contributed by atoms with Gasteiger partial charge in [0, 0.05) is 36.9 Å². The summed E-state index contributed by atoms with van der Waals surface area (Å²) in [6.07, 6.45) is 7.89. The standard InChI is InChI=1S/C27H31N9O2/c1-17(2)36-16-30-33-26(36)21-4-3-5-25(31-21)32-27(37)19-12-23(35-14-22(29-15-35)18-6-7-18)24(13-20(19)28)34-8-10-38-11-9-34/h3-5,12-18H,6-11,28H2,1-2H3,(H,31,32,37). The second-order valence-electron chi connectivity index (χ2n) is 10.0. The predicted octanol–water partition coefficient (Wildman–Crippen LogP) is 3.66. The van der Waals surface area contributed by atoms with E-state index in [1.54, 1.807) is 12.4 Å². The van der Waals surface area contributed by atoms with Crippen LogP contribution in [0.25, 0.3) is 17.2 Å². The topological polar surface area (TPSA) is 129 Å². The molecule has 1 amide bonds. The number of carbonyl (C=O) groups excluding carboxylic acids is 1. The summed E-state index contributed by atoms with van der Waals surface area (Å²) in [5, 5.41) is 11.1. The Morgan fingerprint density at radius 3 is 2.71 bits per heavy atom. The molecular weight excluding hydrogens is 482 g/mol. The maximum absolute atomic E-state index is 13.5. The zero-order chi connectivity index (χ0) is 26.2. The van der Waals surface area contributed by atoms with Crippen molar-refractivity contribution >= 4 is 23.1 Å². The van der Waals surface area contributed by atoms with Gasteiger partial charge in [0.15, 0.2) is 5.82 Å². The Morgan fingerprint density at radius 2 is 1.95 bits per heavy atom. The number of nitrogens with one attached hydrogen (secondary N) is 1. The van der Waals surface area contributed by atoms with Gasteiger partial charge < -0.3 is 29.8 Å². The quantitative estimate of drug-likeness (QED) is 0.358. The van der Waals surface area contributed by atoms with Gasteiger partial charge in [-0.1, -0.05) is 6.07 Å². The van der Waals surface area contributed by atoms with Crippen LogP contribution in [-0.4, -0.2) is 61.5 Å². The highest BCUT2D eigenvalue weighted by molar-refractivity contribution is 6.08. The van der Waals surface area contributed by atoms with Gasteiger partial charge in [0.1, 0.15) is 17.8 Å². The summed E-state index contributed by atoms with van der Waals surface area (Å²) >= 11 is 0. The third kappa shape index (κ3) is 4.72. The molecule has 1 aromatic carbocycles. The molecule has 6 rings (SSSR count). The van der Waals surface area contributed by atoms with E-state index in [9.17, 15) is 4.79 Å². The first-order chi connectivity index (χ1) is 18.5. The van der Waals surface area contributed by atoms with Gasteiger partial charge in [0.2, 0.25) is 0 Å². The highest BCUT2D eigenvalue weighted by Crippen LogP contribution is 2.40. The minimum Gasteiger partial charge on any atom is -0.398 e. The molecule has 196 valence electrons. The highest BCUT2D eigenvalue weighted by Gasteiger charge is 2.27. The van der Waals surface area contributed by atoms with Crippen LogP contribution in [0.4, 0.5) is 17.2 Å². The van der Waals surface area contributed by atoms with Crippen LogP contribution in [0.1, 0.15) is 54.7 Å². The van der Waals surface area contributed by atoms with Crippen LogP contribution in [0.3, 0.4) is 0 Å². The van der Waals surface area contributed by atoms with Crippen molar-refractivity contribution in [2.75, 3.05) is 42.3 Å². The fourth-order valence-corrected chi connectivity index (χ4v) is 4.73. The normalized spacial score (nSPS) is 15.7. The van der Waals surface area contributed by atoms with E-state index in [4.69, 9.17) is 10.5 Å². The van der Waals surface area contributed by atoms with E-state index >= 15 is 0 Å². The monoisotopic (exact) mass is 513 g/mol. The molecule has 3 aromatic heterocycles. The van der Waals surface area contributed by atoms with Crippen molar-refractivity contribution in [3.8, 4) is 17.2 Å². The van der Waals surface area contributed by atoms with Gasteiger partial charge in [-0.15, -0.1) is 10.2 Å². The van der Waals surface area contributed by atoms with Crippen LogP contribution in [-0.2, 0) is 4.74 Å². The molecule has 2 fully saturated rings. The van der Waals surface area contributed by atoms with Crippen LogP contribution < -0.4 is 16.0 Å². The number of pyridine rings is 1. The maximum atomic E-state index is 13.5. The molecule has 0 radical (unpaired) electrons. The van der Waals surface area contributed by atoms with E-state index in [2.05, 4.69) is 36.6 Å². The van der Waals surface area contributed by atoms with E-state index in [1.165, 1.54) is 12.8 Å². The molecule has 0 spiro atoms. The second kappa shape index (κ2) is 9.90. The molecule has 3 N–H and O–H groups in total. The lowest BCUT2D eigenvalue weighted by Gasteiger charge is -2.31. The number of amides is 1. The molecule has 0 bridgehead atoms. The lowest BCUT2D eigenvalue weighted by atomic mass is 10.1. The van der Waals surface area contributed by atoms with E-state index < -0.39 is 0 Å². The summed E-state index contributed by atoms with van der Waals surface area (Å²) < 4.78 is 9.48. The van der Waals surface area contributed by atoms with Gasteiger partial charge in [-0.3, -0.25) is 4.79 Å². The summed E-state index contributed by atoms with van der Waals surface area (Å²) in [4.78, 5) is 25.0. The van der Waals surface area contributed by atoms with Crippen molar-refractivity contribution in [3.63, 3.8) is 0 Å². The Hall–Kier alpha value is -4.25. The van der Waals surface area contributed by atoms with Gasteiger partial charge in [-0.2, -0.15) is 0 Å². The van der Waals surface area contributed by atoms with Crippen LogP contribution >= 0.6 is 0 Å². The Kier molecular flexibility index (Phi) is 6.28. The summed E-state index contributed by atoms with van der Waals surface area (Å²) in [5.74, 6) is 1.23. The third-order valence-corrected chi connectivity index (χ3v) is 6.97. The SMILES string of the molecule is CC(C)n1cnnc1-c1cccc(NC(=O)c2cc(-n3cnc(C4CC4)c3)c(N3CCOCC3)cc2N)n1. The number of anilines is 3. The first-order valence-electron chi connectivity index (χ1n) is 13.0. The number of carbonyl (C=O) groups is 1. The van der Waals surface area contributed by atoms with Gasteiger partial charge in [-0.25, -0.2) is 9.97 Å². The van der Waals surface area contributed by atoms with Gasteiger partial charge in [0.05, 0.1) is 42.2 Å². The molecular formula is C27H31N9O2. The molecule has 4 aromatic rings. The van der Waals surface area contributed by atoms with E-state index in [1.807, 2.05) is 53.6 Å². The largest absolute Gasteiger partial charge is 0.398 e. The smallest absolute Gasteiger partial charge is 0.258 e. The van der Waals surface area contributed by atoms with Gasteiger partial charge in [-0.05, 0) is 51.0 Å². The molecule has 0 unspecified atom stereocenters. The molecule has 11 heteroatoms. The van der Waals surface area contributed by atoms with E-state index in [0.29, 0.717) is 47.7 Å². The summed E-state index contributed by atoms with van der Waals surface area (Å²) in [7, 11) is 0. The average Bonchev–Trinajstić information content (AvgIpc) is 3.44. The molecule has 11 nitrogen and oxygen atoms in total. The van der Waals surface area contributed by atoms with Gasteiger partial charge >= 0.3 is 0 Å². The zero-order valence-electron chi connectivity index (χ0n) is 21.5. The average molecular weight is 514 g/mol. The Bertz CT molecular complexity index is 1460. The van der Waals surface area contributed by atoms with Crippen LogP contribution in [0.2, 0.25) is 0 Å². The van der Waals surface area contributed by atoms with E-state index in [0.717, 1.165) is 30.2 Å². The third-order valence-electron chi connectivity index (χ3n) is 6.97. The number of aromatic nitrogens is 6. The van der Waals surface area contributed by atoms with Crippen LogP contribution in [0.15, 0.2) is 49.2 Å². The first kappa shape index (κ1) is 24.1. The fourth-order valence-electron chi connectivity index (χ4n) is 4.73. The number of rotatable bonds is 7. The summed E-state index contributed by atoms with van der Waals surface area (Å²) in [6, 6.07) is 9.31. The number of hydrogen-bond acceptors (Lipinski definition) is 8. The molecule has 1 aliphatic heterocycles. The molecule has 4 heterocycles. The number of benzene rings is 1. The van der Waals surface area contributed by atoms with Gasteiger partial charge in [0.25, 0.3) is 5.91 Å². The van der Waals surface area contributed by atoms with Crippen molar-refractivity contribution in [1.82, 2.24) is 29.3 Å². The second-order valence-corrected chi connectivity index (χ2v) is 10.0. The zero-order valence-corrected chi connectivity index (χ0v) is 21.5. The number of nitrogens with two attached hydrogens (primary N) is 1. The van der Waals surface area contributed by atoms with Crippen molar-refractivity contribution in [1.29, 1.82) is 0 Å². The number of morpholine rings is 1. The molecule has 38 heavy (non-hydrogen) atoms. The van der Waals surface area contributed by atoms with Crippen molar-refractivity contribution in [2.45, 2.75) is 38.6 Å². The molecule has 1 aliphatic carbocycles. The number of imidazole rings is 1. The van der Waals surface area contributed by atoms with Crippen molar-refractivity contribution < 1.29 is 9.53 Å². The highest BCUT2D eigenvalue weighted by atomic mass is 16.5. The molecule has 0 atom stereocenters. The maximum Gasteiger partial charge on any atom is 0.258 e. The number of hydrogen-bond donors (Lipinski definition) is 2. The first-order valence-corrected chi connectivity index (χ1v) is 13.0. The minimum atomic E-state index is -0.338. The van der Waals surface area contributed by atoms with Crippen molar-refractivity contribution in [3.05, 3.63) is 60.4 Å². The lowest BCUT2D eigenvalue weighted by Crippen LogP contribution is -2.37. The number of nitrogen functional groups attached to an aromatic ring is 1. The number of ether oxygens (including phenoxy) is 1. The van der Waals surface area contributed by atoms with Crippen molar-refractivity contribution in [2.24, 2.45) is 0 Å². The fraction of sp³-hybridized carbons (Fsp3) is 0.370. The minimum absolute atomic E-state index is 0.173. The predicted molar refractivity (Wildman–Crippen MR) is 145 cm³/mol. The Morgan fingerprint density at radius 1 is 1.13 bits per heavy atom. The Labute approximate surface area is 220 Å².